The molecule has 0 spiro atoms. The summed E-state index contributed by atoms with van der Waals surface area (Å²) in [6, 6.07) is 7.38. The number of rotatable bonds is 7. The number of H-pyrrole nitrogens is 1. The van der Waals surface area contributed by atoms with Gasteiger partial charge in [-0.25, -0.2) is 0 Å². The Morgan fingerprint density at radius 1 is 1.22 bits per heavy atom. The molecular weight excluding hydrogens is 428 g/mol. The van der Waals surface area contributed by atoms with E-state index >= 15 is 0 Å². The largest absolute Gasteiger partial charge is 0.356 e. The summed E-state index contributed by atoms with van der Waals surface area (Å²) in [6.45, 7) is 5.42. The van der Waals surface area contributed by atoms with Gasteiger partial charge in [0.05, 0.1) is 0 Å². The first-order valence-corrected chi connectivity index (χ1v) is 11.9. The first-order chi connectivity index (χ1) is 15.4. The lowest BCUT2D eigenvalue weighted by Crippen LogP contribution is -2.43. The van der Waals surface area contributed by atoms with E-state index in [1.807, 2.05) is 34.9 Å². The van der Waals surface area contributed by atoms with Gasteiger partial charge in [0.25, 0.3) is 5.91 Å². The maximum atomic E-state index is 12.9. The van der Waals surface area contributed by atoms with Crippen LogP contribution < -0.4 is 5.32 Å². The van der Waals surface area contributed by atoms with E-state index in [4.69, 9.17) is 11.6 Å². The van der Waals surface area contributed by atoms with E-state index in [1.165, 1.54) is 0 Å². The van der Waals surface area contributed by atoms with Crippen molar-refractivity contribution < 1.29 is 14.4 Å². The first-order valence-electron chi connectivity index (χ1n) is 11.6. The molecule has 1 atom stereocenters. The van der Waals surface area contributed by atoms with Gasteiger partial charge in [0.2, 0.25) is 11.8 Å². The van der Waals surface area contributed by atoms with Crippen LogP contribution in [0.5, 0.6) is 0 Å². The standard InChI is InChI=1S/C24H31ClN4O3/c1-16(23(31)26-9-3-11-28-10-2-4-22(28)30)17-7-12-29(13-8-17)24(32)21-15-18-14-19(25)5-6-20(18)27-21/h5-6,14-17,27H,2-4,7-13H2,1H3,(H,26,31)/t16-/m1/s1. The summed E-state index contributed by atoms with van der Waals surface area (Å²) in [4.78, 5) is 44.1. The Morgan fingerprint density at radius 2 is 2.00 bits per heavy atom. The quantitative estimate of drug-likeness (QED) is 0.623. The van der Waals surface area contributed by atoms with Crippen LogP contribution >= 0.6 is 11.6 Å². The molecule has 0 radical (unpaired) electrons. The van der Waals surface area contributed by atoms with E-state index in [2.05, 4.69) is 10.3 Å². The fourth-order valence-corrected chi connectivity index (χ4v) is 4.97. The van der Waals surface area contributed by atoms with Crippen molar-refractivity contribution in [2.45, 2.75) is 39.0 Å². The zero-order valence-corrected chi connectivity index (χ0v) is 19.3. The number of likely N-dealkylation sites (tertiary alicyclic amines) is 2. The third-order valence-electron chi connectivity index (χ3n) is 6.84. The SMILES string of the molecule is C[C@@H](C(=O)NCCCN1CCCC1=O)C1CCN(C(=O)c2cc3cc(Cl)ccc3[nH]2)CC1. The van der Waals surface area contributed by atoms with Crippen molar-refractivity contribution in [1.29, 1.82) is 0 Å². The zero-order valence-electron chi connectivity index (χ0n) is 18.5. The highest BCUT2D eigenvalue weighted by Crippen LogP contribution is 2.27. The lowest BCUT2D eigenvalue weighted by molar-refractivity contribution is -0.127. The third kappa shape index (κ3) is 5.09. The van der Waals surface area contributed by atoms with Crippen molar-refractivity contribution in [3.63, 3.8) is 0 Å². The molecule has 3 amide bonds. The molecule has 0 aliphatic carbocycles. The topological polar surface area (TPSA) is 85.5 Å². The van der Waals surface area contributed by atoms with Gasteiger partial charge in [-0.05, 0) is 55.9 Å². The highest BCUT2D eigenvalue weighted by molar-refractivity contribution is 6.31. The average molecular weight is 459 g/mol. The van der Waals surface area contributed by atoms with Crippen LogP contribution in [0.1, 0.15) is 49.5 Å². The fourth-order valence-electron chi connectivity index (χ4n) is 4.79. The van der Waals surface area contributed by atoms with E-state index in [9.17, 15) is 14.4 Å². The minimum Gasteiger partial charge on any atom is -0.356 e. The molecule has 1 aromatic carbocycles. The highest BCUT2D eigenvalue weighted by atomic mass is 35.5. The fraction of sp³-hybridized carbons (Fsp3) is 0.542. The van der Waals surface area contributed by atoms with Crippen LogP contribution in [0, 0.1) is 11.8 Å². The number of piperidine rings is 1. The zero-order chi connectivity index (χ0) is 22.7. The summed E-state index contributed by atoms with van der Waals surface area (Å²) in [5.74, 6) is 0.457. The smallest absolute Gasteiger partial charge is 0.270 e. The Balaban J connectivity index is 1.22. The molecule has 0 saturated carbocycles. The van der Waals surface area contributed by atoms with Gasteiger partial charge in [0.1, 0.15) is 5.69 Å². The molecule has 2 N–H and O–H groups in total. The number of carbonyl (C=O) groups is 3. The molecule has 2 saturated heterocycles. The number of aromatic nitrogens is 1. The number of hydrogen-bond donors (Lipinski definition) is 2. The predicted molar refractivity (Wildman–Crippen MR) is 125 cm³/mol. The van der Waals surface area contributed by atoms with Gasteiger partial charge in [0, 0.05) is 61.0 Å². The number of fused-ring (bicyclic) bond motifs is 1. The average Bonchev–Trinajstić information content (AvgIpc) is 3.41. The summed E-state index contributed by atoms with van der Waals surface area (Å²) < 4.78 is 0. The number of nitrogens with one attached hydrogen (secondary N) is 2. The van der Waals surface area contributed by atoms with Crippen LogP contribution in [-0.4, -0.2) is 65.2 Å². The summed E-state index contributed by atoms with van der Waals surface area (Å²) in [7, 11) is 0. The van der Waals surface area contributed by atoms with Gasteiger partial charge >= 0.3 is 0 Å². The molecule has 8 heteroatoms. The van der Waals surface area contributed by atoms with Crippen molar-refractivity contribution in [3.8, 4) is 0 Å². The number of aromatic amines is 1. The molecule has 2 fully saturated rings. The Morgan fingerprint density at radius 3 is 2.72 bits per heavy atom. The summed E-state index contributed by atoms with van der Waals surface area (Å²) in [5.41, 5.74) is 1.47. The van der Waals surface area contributed by atoms with Crippen molar-refractivity contribution in [2.24, 2.45) is 11.8 Å². The van der Waals surface area contributed by atoms with Crippen LogP contribution in [0.15, 0.2) is 24.3 Å². The van der Waals surface area contributed by atoms with Gasteiger partial charge in [-0.1, -0.05) is 18.5 Å². The molecule has 4 rings (SSSR count). The minimum atomic E-state index is -0.0871. The molecule has 0 bridgehead atoms. The molecule has 172 valence electrons. The van der Waals surface area contributed by atoms with Crippen LogP contribution in [0.3, 0.4) is 0 Å². The van der Waals surface area contributed by atoms with Crippen LogP contribution in [0.4, 0.5) is 0 Å². The van der Waals surface area contributed by atoms with E-state index in [0.29, 0.717) is 43.3 Å². The number of hydrogen-bond acceptors (Lipinski definition) is 3. The molecular formula is C24H31ClN4O3. The van der Waals surface area contributed by atoms with E-state index in [-0.39, 0.29) is 29.6 Å². The van der Waals surface area contributed by atoms with Gasteiger partial charge < -0.3 is 20.1 Å². The normalized spacial score (nSPS) is 18.4. The molecule has 2 aliphatic rings. The van der Waals surface area contributed by atoms with E-state index in [1.54, 1.807) is 6.07 Å². The highest BCUT2D eigenvalue weighted by Gasteiger charge is 2.30. The van der Waals surface area contributed by atoms with Crippen molar-refractivity contribution in [3.05, 3.63) is 35.0 Å². The molecule has 2 aliphatic heterocycles. The Hall–Kier alpha value is -2.54. The Labute approximate surface area is 193 Å². The molecule has 1 aromatic heterocycles. The molecule has 3 heterocycles. The maximum absolute atomic E-state index is 12.9. The monoisotopic (exact) mass is 458 g/mol. The van der Waals surface area contributed by atoms with E-state index < -0.39 is 0 Å². The number of carbonyl (C=O) groups excluding carboxylic acids is 3. The van der Waals surface area contributed by atoms with Crippen molar-refractivity contribution >= 4 is 40.2 Å². The summed E-state index contributed by atoms with van der Waals surface area (Å²) in [6.07, 6.45) is 4.01. The first kappa shape index (κ1) is 22.6. The summed E-state index contributed by atoms with van der Waals surface area (Å²) >= 11 is 6.05. The minimum absolute atomic E-state index is 0.00987. The van der Waals surface area contributed by atoms with Crippen LogP contribution in [-0.2, 0) is 9.59 Å². The lowest BCUT2D eigenvalue weighted by Gasteiger charge is -2.34. The Bertz CT molecular complexity index is 996. The van der Waals surface area contributed by atoms with Crippen molar-refractivity contribution in [1.82, 2.24) is 20.1 Å². The van der Waals surface area contributed by atoms with Crippen molar-refractivity contribution in [2.75, 3.05) is 32.7 Å². The number of benzene rings is 1. The molecule has 7 nitrogen and oxygen atoms in total. The van der Waals surface area contributed by atoms with Gasteiger partial charge in [-0.15, -0.1) is 0 Å². The van der Waals surface area contributed by atoms with Crippen LogP contribution in [0.25, 0.3) is 10.9 Å². The number of nitrogens with zero attached hydrogens (tertiary/aromatic N) is 2. The maximum Gasteiger partial charge on any atom is 0.270 e. The number of amides is 3. The molecule has 32 heavy (non-hydrogen) atoms. The van der Waals surface area contributed by atoms with E-state index in [0.717, 1.165) is 43.1 Å². The molecule has 0 unspecified atom stereocenters. The lowest BCUT2D eigenvalue weighted by atomic mass is 9.84. The Kier molecular flexibility index (Phi) is 7.04. The summed E-state index contributed by atoms with van der Waals surface area (Å²) in [5, 5.41) is 4.60. The van der Waals surface area contributed by atoms with Gasteiger partial charge in [-0.2, -0.15) is 0 Å². The number of halogens is 1. The van der Waals surface area contributed by atoms with Crippen LogP contribution in [0.2, 0.25) is 5.02 Å². The second kappa shape index (κ2) is 9.94. The van der Waals surface area contributed by atoms with Gasteiger partial charge in [0.15, 0.2) is 0 Å². The third-order valence-corrected chi connectivity index (χ3v) is 7.07. The second-order valence-electron chi connectivity index (χ2n) is 8.96. The molecule has 2 aromatic rings. The van der Waals surface area contributed by atoms with Gasteiger partial charge in [-0.3, -0.25) is 14.4 Å². The predicted octanol–water partition coefficient (Wildman–Crippen LogP) is 3.44. The second-order valence-corrected chi connectivity index (χ2v) is 9.40.